The molecule has 0 saturated carbocycles. The van der Waals surface area contributed by atoms with Crippen LogP contribution in [-0.2, 0) is 11.3 Å². The number of ether oxygens (including phenoxy) is 1. The Hall–Kier alpha value is -1.60. The first kappa shape index (κ1) is 17.5. The summed E-state index contributed by atoms with van der Waals surface area (Å²) in [5.74, 6) is 0.0606. The van der Waals surface area contributed by atoms with Crippen molar-refractivity contribution in [2.24, 2.45) is 5.73 Å². The van der Waals surface area contributed by atoms with E-state index in [2.05, 4.69) is 26.6 Å². The summed E-state index contributed by atoms with van der Waals surface area (Å²) in [4.78, 5) is 23.2. The zero-order valence-electron chi connectivity index (χ0n) is 12.3. The third kappa shape index (κ3) is 5.02. The first-order chi connectivity index (χ1) is 9.88. The first-order valence-corrected chi connectivity index (χ1v) is 7.42. The number of nitrogens with one attached hydrogen (secondary N) is 2. The summed E-state index contributed by atoms with van der Waals surface area (Å²) >= 11 is 3.39. The molecule has 7 heteroatoms. The molecule has 0 heterocycles. The lowest BCUT2D eigenvalue weighted by Gasteiger charge is -2.18. The number of urea groups is 1. The quantitative estimate of drug-likeness (QED) is 0.749. The van der Waals surface area contributed by atoms with Crippen molar-refractivity contribution in [3.05, 3.63) is 27.7 Å². The van der Waals surface area contributed by atoms with E-state index in [4.69, 9.17) is 10.5 Å². The van der Waals surface area contributed by atoms with E-state index in [0.29, 0.717) is 18.8 Å². The largest absolute Gasteiger partial charge is 0.480 e. The van der Waals surface area contributed by atoms with E-state index >= 15 is 0 Å². The Morgan fingerprint density at radius 1 is 1.43 bits per heavy atom. The lowest BCUT2D eigenvalue weighted by Crippen LogP contribution is -2.45. The molecule has 6 nitrogen and oxygen atoms in total. The molecule has 0 fully saturated rings. The van der Waals surface area contributed by atoms with Crippen molar-refractivity contribution in [1.29, 1.82) is 0 Å². The second kappa shape index (κ2) is 7.99. The van der Waals surface area contributed by atoms with Crippen molar-refractivity contribution in [3.8, 4) is 5.75 Å². The highest BCUT2D eigenvalue weighted by molar-refractivity contribution is 9.10. The minimum atomic E-state index is -0.808. The van der Waals surface area contributed by atoms with Gasteiger partial charge in [-0.05, 0) is 38.5 Å². The standard InChI is InChI=1S/C14H20BrN3O3/c1-4-17-14(20)18-13(19)9(3)21-12-8(2)5-11(15)6-10(12)7-16/h5-6,9H,4,7,16H2,1-3H3,(H2,17,18,19,20). The smallest absolute Gasteiger partial charge is 0.321 e. The number of imide groups is 1. The van der Waals surface area contributed by atoms with E-state index in [1.807, 2.05) is 19.1 Å². The molecule has 0 saturated heterocycles. The van der Waals surface area contributed by atoms with Gasteiger partial charge in [0.15, 0.2) is 6.10 Å². The Morgan fingerprint density at radius 2 is 2.10 bits per heavy atom. The first-order valence-electron chi connectivity index (χ1n) is 6.63. The van der Waals surface area contributed by atoms with Gasteiger partial charge in [-0.2, -0.15) is 0 Å². The number of halogens is 1. The van der Waals surface area contributed by atoms with Gasteiger partial charge in [-0.15, -0.1) is 0 Å². The number of hydrogen-bond acceptors (Lipinski definition) is 4. The van der Waals surface area contributed by atoms with Crippen molar-refractivity contribution in [3.63, 3.8) is 0 Å². The van der Waals surface area contributed by atoms with Crippen molar-refractivity contribution in [2.45, 2.75) is 33.4 Å². The Kier molecular flexibility index (Phi) is 6.64. The molecular weight excluding hydrogens is 338 g/mol. The van der Waals surface area contributed by atoms with E-state index < -0.39 is 18.0 Å². The Bertz CT molecular complexity index is 534. The molecule has 3 amide bonds. The molecule has 21 heavy (non-hydrogen) atoms. The van der Waals surface area contributed by atoms with Crippen LogP contribution < -0.4 is 21.1 Å². The minimum Gasteiger partial charge on any atom is -0.480 e. The van der Waals surface area contributed by atoms with Crippen LogP contribution in [-0.4, -0.2) is 24.6 Å². The summed E-state index contributed by atoms with van der Waals surface area (Å²) in [6, 6.07) is 3.18. The molecule has 0 aromatic heterocycles. The highest BCUT2D eigenvalue weighted by Gasteiger charge is 2.19. The predicted octanol–water partition coefficient (Wildman–Crippen LogP) is 1.83. The van der Waals surface area contributed by atoms with Crippen LogP contribution in [0.1, 0.15) is 25.0 Å². The maximum atomic E-state index is 11.9. The molecule has 0 aliphatic carbocycles. The van der Waals surface area contributed by atoms with Gasteiger partial charge >= 0.3 is 6.03 Å². The molecule has 1 aromatic carbocycles. The Balaban J connectivity index is 2.81. The molecule has 0 aliphatic rings. The molecule has 1 unspecified atom stereocenters. The summed E-state index contributed by atoms with van der Waals surface area (Å²) in [6.45, 7) is 5.95. The van der Waals surface area contributed by atoms with E-state index in [1.165, 1.54) is 0 Å². The third-order valence-electron chi connectivity index (χ3n) is 2.77. The Morgan fingerprint density at radius 3 is 2.67 bits per heavy atom. The lowest BCUT2D eigenvalue weighted by atomic mass is 10.1. The SMILES string of the molecule is CCNC(=O)NC(=O)C(C)Oc1c(C)cc(Br)cc1CN. The van der Waals surface area contributed by atoms with Crippen LogP contribution in [0.5, 0.6) is 5.75 Å². The summed E-state index contributed by atoms with van der Waals surface area (Å²) in [5, 5.41) is 4.70. The second-order valence-corrected chi connectivity index (χ2v) is 5.44. The van der Waals surface area contributed by atoms with Gasteiger partial charge in [-0.25, -0.2) is 4.79 Å². The zero-order chi connectivity index (χ0) is 16.0. The van der Waals surface area contributed by atoms with E-state index in [-0.39, 0.29) is 0 Å². The topological polar surface area (TPSA) is 93.5 Å². The van der Waals surface area contributed by atoms with Gasteiger partial charge in [0.05, 0.1) is 0 Å². The van der Waals surface area contributed by atoms with Crippen molar-refractivity contribution >= 4 is 27.9 Å². The fourth-order valence-corrected chi connectivity index (χ4v) is 2.39. The molecular formula is C14H20BrN3O3. The fraction of sp³-hybridized carbons (Fsp3) is 0.429. The summed E-state index contributed by atoms with van der Waals surface area (Å²) in [5.41, 5.74) is 7.35. The van der Waals surface area contributed by atoms with Crippen molar-refractivity contribution in [1.82, 2.24) is 10.6 Å². The number of rotatable bonds is 5. The highest BCUT2D eigenvalue weighted by Crippen LogP contribution is 2.28. The maximum absolute atomic E-state index is 11.9. The van der Waals surface area contributed by atoms with Crippen LogP contribution >= 0.6 is 15.9 Å². The molecule has 1 aromatic rings. The number of carbonyl (C=O) groups is 2. The average molecular weight is 358 g/mol. The third-order valence-corrected chi connectivity index (χ3v) is 3.23. The minimum absolute atomic E-state index is 0.292. The van der Waals surface area contributed by atoms with Crippen molar-refractivity contribution < 1.29 is 14.3 Å². The molecule has 1 rings (SSSR count). The highest BCUT2D eigenvalue weighted by atomic mass is 79.9. The molecule has 0 radical (unpaired) electrons. The van der Waals surface area contributed by atoms with Gasteiger partial charge < -0.3 is 15.8 Å². The average Bonchev–Trinajstić information content (AvgIpc) is 2.41. The maximum Gasteiger partial charge on any atom is 0.321 e. The lowest BCUT2D eigenvalue weighted by molar-refractivity contribution is -0.126. The number of benzene rings is 1. The van der Waals surface area contributed by atoms with Crippen molar-refractivity contribution in [2.75, 3.05) is 6.54 Å². The fourth-order valence-electron chi connectivity index (χ4n) is 1.77. The van der Waals surface area contributed by atoms with Crippen LogP contribution in [0.25, 0.3) is 0 Å². The van der Waals surface area contributed by atoms with Crippen LogP contribution in [0.15, 0.2) is 16.6 Å². The molecule has 4 N–H and O–H groups in total. The van der Waals surface area contributed by atoms with E-state index in [0.717, 1.165) is 15.6 Å². The van der Waals surface area contributed by atoms with Crippen LogP contribution in [0, 0.1) is 6.92 Å². The zero-order valence-corrected chi connectivity index (χ0v) is 13.9. The molecule has 0 aliphatic heterocycles. The van der Waals surface area contributed by atoms with Crippen LogP contribution in [0.3, 0.4) is 0 Å². The summed E-state index contributed by atoms with van der Waals surface area (Å²) in [6.07, 6.45) is -0.808. The van der Waals surface area contributed by atoms with Gasteiger partial charge in [-0.1, -0.05) is 15.9 Å². The Labute approximate surface area is 132 Å². The van der Waals surface area contributed by atoms with E-state index in [9.17, 15) is 9.59 Å². The second-order valence-electron chi connectivity index (χ2n) is 4.52. The number of carbonyl (C=O) groups excluding carboxylic acids is 2. The van der Waals surface area contributed by atoms with Gasteiger partial charge in [0, 0.05) is 23.1 Å². The van der Waals surface area contributed by atoms with Crippen LogP contribution in [0.4, 0.5) is 4.79 Å². The monoisotopic (exact) mass is 357 g/mol. The summed E-state index contributed by atoms with van der Waals surface area (Å²) in [7, 11) is 0. The number of nitrogens with two attached hydrogens (primary N) is 1. The summed E-state index contributed by atoms with van der Waals surface area (Å²) < 4.78 is 6.57. The normalized spacial score (nSPS) is 11.7. The van der Waals surface area contributed by atoms with Gasteiger partial charge in [-0.3, -0.25) is 10.1 Å². The number of hydrogen-bond donors (Lipinski definition) is 3. The number of amides is 3. The molecule has 116 valence electrons. The molecule has 1 atom stereocenters. The predicted molar refractivity (Wildman–Crippen MR) is 84.1 cm³/mol. The van der Waals surface area contributed by atoms with Crippen LogP contribution in [0.2, 0.25) is 0 Å². The van der Waals surface area contributed by atoms with Gasteiger partial charge in [0.1, 0.15) is 5.75 Å². The van der Waals surface area contributed by atoms with Gasteiger partial charge in [0.2, 0.25) is 0 Å². The number of aryl methyl sites for hydroxylation is 1. The van der Waals surface area contributed by atoms with Gasteiger partial charge in [0.25, 0.3) is 5.91 Å². The molecule has 0 spiro atoms. The van der Waals surface area contributed by atoms with E-state index in [1.54, 1.807) is 13.8 Å². The molecule has 0 bridgehead atoms.